The van der Waals surface area contributed by atoms with Crippen molar-refractivity contribution >= 4 is 23.4 Å². The third kappa shape index (κ3) is 6.82. The highest BCUT2D eigenvalue weighted by Gasteiger charge is 2.35. The molecule has 5 nitrogen and oxygen atoms in total. The average Bonchev–Trinajstić information content (AvgIpc) is 2.90. The molecule has 1 saturated carbocycles. The van der Waals surface area contributed by atoms with Gasteiger partial charge in [-0.15, -0.1) is 0 Å². The summed E-state index contributed by atoms with van der Waals surface area (Å²) >= 11 is 6.03. The predicted octanol–water partition coefficient (Wildman–Crippen LogP) is 6.53. The molecule has 0 unspecified atom stereocenters. The minimum Gasteiger partial charge on any atom is -0.487 e. The Morgan fingerprint density at radius 3 is 2.44 bits per heavy atom. The molecule has 2 aliphatic rings. The zero-order valence-corrected chi connectivity index (χ0v) is 22.2. The molecule has 1 aliphatic carbocycles. The van der Waals surface area contributed by atoms with Crippen molar-refractivity contribution in [2.24, 2.45) is 0 Å². The number of fused-ring (bicyclic) bond motifs is 2. The van der Waals surface area contributed by atoms with Crippen LogP contribution in [0.3, 0.4) is 0 Å². The first-order valence-corrected chi connectivity index (χ1v) is 14.0. The van der Waals surface area contributed by atoms with Crippen LogP contribution in [-0.2, 0) is 11.2 Å². The quantitative estimate of drug-likeness (QED) is 0.470. The molecule has 0 saturated heterocycles. The van der Waals surface area contributed by atoms with Crippen LogP contribution >= 0.6 is 11.6 Å². The smallest absolute Gasteiger partial charge is 0.257 e. The minimum atomic E-state index is -0.106. The lowest BCUT2D eigenvalue weighted by atomic mass is 9.90. The Kier molecular flexibility index (Phi) is 9.68. The van der Waals surface area contributed by atoms with E-state index in [1.165, 1.54) is 0 Å². The van der Waals surface area contributed by atoms with Gasteiger partial charge in [-0.1, -0.05) is 55.1 Å². The molecule has 0 aromatic heterocycles. The average molecular weight is 511 g/mol. The van der Waals surface area contributed by atoms with E-state index < -0.39 is 0 Å². The predicted molar refractivity (Wildman–Crippen MR) is 145 cm³/mol. The van der Waals surface area contributed by atoms with Gasteiger partial charge in [0.05, 0.1) is 11.6 Å². The van der Waals surface area contributed by atoms with Crippen molar-refractivity contribution in [1.82, 2.24) is 9.80 Å². The molecular formula is C30H39ClN2O3. The van der Waals surface area contributed by atoms with Crippen LogP contribution in [-0.4, -0.2) is 53.4 Å². The number of para-hydroxylation sites is 1. The van der Waals surface area contributed by atoms with Gasteiger partial charge in [0, 0.05) is 31.1 Å². The Morgan fingerprint density at radius 1 is 0.944 bits per heavy atom. The summed E-state index contributed by atoms with van der Waals surface area (Å²) < 4.78 is 6.61. The lowest BCUT2D eigenvalue weighted by Gasteiger charge is -2.40. The second-order valence-electron chi connectivity index (χ2n) is 10.0. The number of hydrogen-bond acceptors (Lipinski definition) is 3. The molecule has 0 spiro atoms. The standard InChI is InChI=1S/C30H39ClN2O3/c1-2-32-21-9-3-4-10-22-33(29(34)20-17-23-15-18-24(31)19-16-23)26-12-6-8-14-28(26)36-27-13-7-5-11-25(27)30(32)35/h5,7,11,13,15-16,18-19,26,28H,2-4,6,8-10,12,14,17,20-22H2,1H3/t26-,28+/m1/s1. The van der Waals surface area contributed by atoms with Gasteiger partial charge in [-0.05, 0) is 75.3 Å². The van der Waals surface area contributed by atoms with Gasteiger partial charge in [0.25, 0.3) is 5.91 Å². The van der Waals surface area contributed by atoms with Gasteiger partial charge >= 0.3 is 0 Å². The summed E-state index contributed by atoms with van der Waals surface area (Å²) in [5.74, 6) is 0.871. The van der Waals surface area contributed by atoms with Crippen LogP contribution in [0.1, 0.15) is 80.6 Å². The molecular weight excluding hydrogens is 472 g/mol. The van der Waals surface area contributed by atoms with Crippen molar-refractivity contribution in [2.75, 3.05) is 19.6 Å². The van der Waals surface area contributed by atoms with Gasteiger partial charge in [-0.25, -0.2) is 0 Å². The highest BCUT2D eigenvalue weighted by molar-refractivity contribution is 6.30. The van der Waals surface area contributed by atoms with Gasteiger partial charge < -0.3 is 14.5 Å². The van der Waals surface area contributed by atoms with Crippen LogP contribution in [0, 0.1) is 0 Å². The Hall–Kier alpha value is -2.53. The summed E-state index contributed by atoms with van der Waals surface area (Å²) in [4.78, 5) is 31.0. The van der Waals surface area contributed by atoms with Crippen LogP contribution in [0.2, 0.25) is 5.02 Å². The summed E-state index contributed by atoms with van der Waals surface area (Å²) in [5.41, 5.74) is 1.75. The summed E-state index contributed by atoms with van der Waals surface area (Å²) in [6, 6.07) is 15.4. The fourth-order valence-electron chi connectivity index (χ4n) is 5.51. The van der Waals surface area contributed by atoms with Crippen LogP contribution in [0.4, 0.5) is 0 Å². The fourth-order valence-corrected chi connectivity index (χ4v) is 5.64. The van der Waals surface area contributed by atoms with E-state index in [-0.39, 0.29) is 24.0 Å². The molecule has 36 heavy (non-hydrogen) atoms. The van der Waals surface area contributed by atoms with Crippen LogP contribution in [0.25, 0.3) is 0 Å². The molecule has 2 aromatic carbocycles. The van der Waals surface area contributed by atoms with Crippen LogP contribution in [0.5, 0.6) is 5.75 Å². The Balaban J connectivity index is 1.57. The molecule has 1 fully saturated rings. The van der Waals surface area contributed by atoms with Crippen LogP contribution in [0.15, 0.2) is 48.5 Å². The lowest BCUT2D eigenvalue weighted by molar-refractivity contribution is -0.136. The first kappa shape index (κ1) is 26.5. The summed E-state index contributed by atoms with van der Waals surface area (Å²) in [6.45, 7) is 4.24. The van der Waals surface area contributed by atoms with Gasteiger partial charge in [-0.2, -0.15) is 0 Å². The summed E-state index contributed by atoms with van der Waals surface area (Å²) in [7, 11) is 0. The number of carbonyl (C=O) groups excluding carboxylic acids is 2. The molecule has 4 rings (SSSR count). The van der Waals surface area contributed by atoms with Gasteiger partial charge in [0.15, 0.2) is 0 Å². The fraction of sp³-hybridized carbons (Fsp3) is 0.533. The van der Waals surface area contributed by atoms with E-state index in [0.29, 0.717) is 35.7 Å². The third-order valence-corrected chi connectivity index (χ3v) is 7.82. The van der Waals surface area contributed by atoms with E-state index in [0.717, 1.165) is 70.0 Å². The van der Waals surface area contributed by atoms with Gasteiger partial charge in [0.1, 0.15) is 11.9 Å². The number of halogens is 1. The number of ether oxygens (including phenoxy) is 1. The van der Waals surface area contributed by atoms with E-state index >= 15 is 0 Å². The molecule has 194 valence electrons. The van der Waals surface area contributed by atoms with E-state index in [1.807, 2.05) is 60.4 Å². The first-order chi connectivity index (χ1) is 17.6. The van der Waals surface area contributed by atoms with E-state index in [9.17, 15) is 9.59 Å². The van der Waals surface area contributed by atoms with E-state index in [1.54, 1.807) is 0 Å². The molecule has 1 heterocycles. The molecule has 0 N–H and O–H groups in total. The molecule has 1 aliphatic heterocycles. The van der Waals surface area contributed by atoms with Crippen molar-refractivity contribution in [2.45, 2.75) is 83.3 Å². The molecule has 0 bridgehead atoms. The van der Waals surface area contributed by atoms with Crippen molar-refractivity contribution in [1.29, 1.82) is 0 Å². The Labute approximate surface area is 220 Å². The largest absolute Gasteiger partial charge is 0.487 e. The highest BCUT2D eigenvalue weighted by Crippen LogP contribution is 2.31. The van der Waals surface area contributed by atoms with E-state index in [2.05, 4.69) is 4.90 Å². The van der Waals surface area contributed by atoms with Gasteiger partial charge in [-0.3, -0.25) is 9.59 Å². The maximum atomic E-state index is 13.6. The lowest BCUT2D eigenvalue weighted by Crippen LogP contribution is -2.51. The summed E-state index contributed by atoms with van der Waals surface area (Å²) in [6.07, 6.45) is 9.14. The maximum absolute atomic E-state index is 13.6. The summed E-state index contributed by atoms with van der Waals surface area (Å²) in [5, 5.41) is 0.711. The highest BCUT2D eigenvalue weighted by atomic mass is 35.5. The number of amides is 2. The molecule has 6 heteroatoms. The second-order valence-corrected chi connectivity index (χ2v) is 10.5. The topological polar surface area (TPSA) is 49.9 Å². The third-order valence-electron chi connectivity index (χ3n) is 7.57. The normalized spacial score (nSPS) is 21.7. The zero-order valence-electron chi connectivity index (χ0n) is 21.5. The van der Waals surface area contributed by atoms with Crippen molar-refractivity contribution in [3.8, 4) is 5.75 Å². The van der Waals surface area contributed by atoms with Crippen molar-refractivity contribution in [3.05, 3.63) is 64.7 Å². The second kappa shape index (κ2) is 13.1. The number of benzene rings is 2. The zero-order chi connectivity index (χ0) is 25.3. The number of aryl methyl sites for hydroxylation is 1. The Bertz CT molecular complexity index is 1010. The van der Waals surface area contributed by atoms with Crippen LogP contribution < -0.4 is 4.74 Å². The molecule has 2 amide bonds. The van der Waals surface area contributed by atoms with Crippen molar-refractivity contribution in [3.63, 3.8) is 0 Å². The first-order valence-electron chi connectivity index (χ1n) is 13.7. The molecule has 2 atom stereocenters. The number of nitrogens with zero attached hydrogens (tertiary/aromatic N) is 2. The minimum absolute atomic E-state index is 0.0323. The number of hydrogen-bond donors (Lipinski definition) is 0. The SMILES string of the molecule is CCN1CCCCCCN(C(=O)CCc2ccc(Cl)cc2)[C@@H]2CCCC[C@@H]2Oc2ccccc2C1=O. The number of rotatable bonds is 4. The van der Waals surface area contributed by atoms with E-state index in [4.69, 9.17) is 16.3 Å². The maximum Gasteiger partial charge on any atom is 0.257 e. The number of carbonyl (C=O) groups is 2. The van der Waals surface area contributed by atoms with Gasteiger partial charge in [0.2, 0.25) is 5.91 Å². The van der Waals surface area contributed by atoms with Crippen molar-refractivity contribution < 1.29 is 14.3 Å². The Morgan fingerprint density at radius 2 is 1.67 bits per heavy atom. The molecule has 0 radical (unpaired) electrons. The monoisotopic (exact) mass is 510 g/mol. The molecule has 2 aromatic rings.